The van der Waals surface area contributed by atoms with Crippen molar-refractivity contribution in [3.05, 3.63) is 46.6 Å². The van der Waals surface area contributed by atoms with Crippen molar-refractivity contribution in [3.63, 3.8) is 0 Å². The summed E-state index contributed by atoms with van der Waals surface area (Å²) in [5, 5.41) is 0. The highest BCUT2D eigenvalue weighted by Crippen LogP contribution is 2.26. The second kappa shape index (κ2) is 5.33. The maximum Gasteiger partial charge on any atom is 0.268 e. The number of nitrogens with one attached hydrogen (secondary N) is 1. The van der Waals surface area contributed by atoms with Gasteiger partial charge in [0.05, 0.1) is 4.47 Å². The highest BCUT2D eigenvalue weighted by atomic mass is 79.9. The van der Waals surface area contributed by atoms with E-state index >= 15 is 0 Å². The molecule has 0 aliphatic rings. The molecule has 0 fully saturated rings. The zero-order chi connectivity index (χ0) is 14.9. The number of rotatable bonds is 3. The Hall–Kier alpha value is -1.74. The largest absolute Gasteiger partial charge is 0.399 e. The summed E-state index contributed by atoms with van der Waals surface area (Å²) < 4.78 is 53.6. The van der Waals surface area contributed by atoms with Gasteiger partial charge in [0.25, 0.3) is 10.0 Å². The maximum absolute atomic E-state index is 13.6. The van der Waals surface area contributed by atoms with Gasteiger partial charge in [-0.05, 0) is 40.2 Å². The molecule has 106 valence electrons. The summed E-state index contributed by atoms with van der Waals surface area (Å²) in [6.07, 6.45) is 1.33. The molecule has 0 amide bonds. The van der Waals surface area contributed by atoms with Gasteiger partial charge in [-0.25, -0.2) is 22.2 Å². The molecule has 0 saturated heterocycles. The first kappa shape index (κ1) is 14.7. The molecule has 2 aromatic rings. The molecule has 0 aliphatic heterocycles. The number of benzene rings is 1. The lowest BCUT2D eigenvalue weighted by atomic mass is 10.3. The van der Waals surface area contributed by atoms with E-state index in [4.69, 9.17) is 5.73 Å². The zero-order valence-corrected chi connectivity index (χ0v) is 12.2. The molecular formula is C11H8BrF2N3O2S. The number of nitrogens with zero attached hydrogens (tertiary/aromatic N) is 1. The van der Waals surface area contributed by atoms with Crippen molar-refractivity contribution >= 4 is 37.5 Å². The van der Waals surface area contributed by atoms with Crippen LogP contribution in [0, 0.1) is 11.6 Å². The van der Waals surface area contributed by atoms with Crippen LogP contribution in [0.4, 0.5) is 20.3 Å². The molecule has 0 atom stereocenters. The maximum atomic E-state index is 13.6. The number of pyridine rings is 1. The molecule has 0 unspecified atom stereocenters. The minimum Gasteiger partial charge on any atom is -0.399 e. The zero-order valence-electron chi connectivity index (χ0n) is 9.77. The summed E-state index contributed by atoms with van der Waals surface area (Å²) in [5.74, 6) is -2.63. The van der Waals surface area contributed by atoms with E-state index in [1.165, 1.54) is 12.3 Å². The smallest absolute Gasteiger partial charge is 0.268 e. The van der Waals surface area contributed by atoms with E-state index in [-0.39, 0.29) is 11.5 Å². The minimum atomic E-state index is -4.46. The second-order valence-electron chi connectivity index (χ2n) is 3.75. The summed E-state index contributed by atoms with van der Waals surface area (Å²) in [6.45, 7) is 0. The van der Waals surface area contributed by atoms with E-state index in [2.05, 4.69) is 20.9 Å². The molecule has 0 bridgehead atoms. The SMILES string of the molecule is Nc1cc(F)c(S(=O)(=O)Nc2ncccc2Br)c(F)c1. The molecule has 20 heavy (non-hydrogen) atoms. The van der Waals surface area contributed by atoms with Crippen LogP contribution >= 0.6 is 15.9 Å². The number of halogens is 3. The lowest BCUT2D eigenvalue weighted by Gasteiger charge is -2.10. The summed E-state index contributed by atoms with van der Waals surface area (Å²) in [5.41, 5.74) is 5.02. The molecule has 1 heterocycles. The van der Waals surface area contributed by atoms with Crippen LogP contribution in [0.15, 0.2) is 39.8 Å². The third-order valence-electron chi connectivity index (χ3n) is 2.28. The highest BCUT2D eigenvalue weighted by Gasteiger charge is 2.25. The van der Waals surface area contributed by atoms with E-state index in [1.54, 1.807) is 6.07 Å². The van der Waals surface area contributed by atoms with E-state index in [9.17, 15) is 17.2 Å². The van der Waals surface area contributed by atoms with Crippen LogP contribution < -0.4 is 10.5 Å². The van der Waals surface area contributed by atoms with Crippen molar-refractivity contribution in [2.75, 3.05) is 10.5 Å². The second-order valence-corrected chi connectivity index (χ2v) is 6.23. The summed E-state index contributed by atoms with van der Waals surface area (Å²) in [6, 6.07) is 4.54. The van der Waals surface area contributed by atoms with Gasteiger partial charge in [-0.1, -0.05) is 0 Å². The van der Waals surface area contributed by atoms with Crippen molar-refractivity contribution in [2.24, 2.45) is 0 Å². The van der Waals surface area contributed by atoms with E-state index in [1.807, 2.05) is 4.72 Å². The fourth-order valence-corrected chi connectivity index (χ4v) is 3.11. The van der Waals surface area contributed by atoms with E-state index in [0.29, 0.717) is 4.47 Å². The summed E-state index contributed by atoms with van der Waals surface area (Å²) in [4.78, 5) is 2.65. The minimum absolute atomic E-state index is 0.0804. The van der Waals surface area contributed by atoms with Gasteiger partial charge in [0.1, 0.15) is 11.6 Å². The quantitative estimate of drug-likeness (QED) is 0.820. The third kappa shape index (κ3) is 2.88. The predicted molar refractivity (Wildman–Crippen MR) is 73.5 cm³/mol. The number of sulfonamides is 1. The monoisotopic (exact) mass is 363 g/mol. The first-order chi connectivity index (χ1) is 9.31. The van der Waals surface area contributed by atoms with Crippen LogP contribution in [-0.2, 0) is 10.0 Å². The average molecular weight is 364 g/mol. The molecule has 1 aromatic carbocycles. The number of aromatic nitrogens is 1. The standard InChI is InChI=1S/C11H8BrF2N3O2S/c12-7-2-1-3-16-11(7)17-20(18,19)10-8(13)4-6(15)5-9(10)14/h1-5H,15H2,(H,16,17). The molecule has 0 saturated carbocycles. The molecule has 5 nitrogen and oxygen atoms in total. The Morgan fingerprint density at radius 1 is 1.25 bits per heavy atom. The Bertz CT molecular complexity index is 745. The lowest BCUT2D eigenvalue weighted by molar-refractivity contribution is 0.522. The fraction of sp³-hybridized carbons (Fsp3) is 0. The van der Waals surface area contributed by atoms with Gasteiger partial charge < -0.3 is 5.73 Å². The Labute approximate surface area is 122 Å². The molecule has 1 aromatic heterocycles. The number of anilines is 2. The predicted octanol–water partition coefficient (Wildman–Crippen LogP) is 2.51. The number of nitrogens with two attached hydrogens (primary N) is 1. The summed E-state index contributed by atoms with van der Waals surface area (Å²) >= 11 is 3.07. The lowest BCUT2D eigenvalue weighted by Crippen LogP contribution is -2.17. The van der Waals surface area contributed by atoms with Crippen LogP contribution in [0.2, 0.25) is 0 Å². The normalized spacial score (nSPS) is 11.3. The number of hydrogen-bond donors (Lipinski definition) is 2. The van der Waals surface area contributed by atoms with Crippen LogP contribution in [0.1, 0.15) is 0 Å². The van der Waals surface area contributed by atoms with Gasteiger partial charge in [-0.3, -0.25) is 4.72 Å². The Morgan fingerprint density at radius 2 is 1.85 bits per heavy atom. The van der Waals surface area contributed by atoms with Crippen molar-refractivity contribution in [1.82, 2.24) is 4.98 Å². The first-order valence-corrected chi connectivity index (χ1v) is 7.47. The Kier molecular flexibility index (Phi) is 3.91. The Balaban J connectivity index is 2.50. The van der Waals surface area contributed by atoms with Crippen LogP contribution in [0.25, 0.3) is 0 Å². The molecule has 2 rings (SSSR count). The number of hydrogen-bond acceptors (Lipinski definition) is 4. The van der Waals surface area contributed by atoms with Gasteiger partial charge in [0.15, 0.2) is 10.7 Å². The van der Waals surface area contributed by atoms with Gasteiger partial charge >= 0.3 is 0 Å². The van der Waals surface area contributed by atoms with Gasteiger partial charge in [0.2, 0.25) is 0 Å². The molecular weight excluding hydrogens is 356 g/mol. The fourth-order valence-electron chi connectivity index (χ4n) is 1.48. The third-order valence-corrected chi connectivity index (χ3v) is 4.31. The van der Waals surface area contributed by atoms with Crippen molar-refractivity contribution in [1.29, 1.82) is 0 Å². The molecule has 0 spiro atoms. The van der Waals surface area contributed by atoms with Gasteiger partial charge in [0, 0.05) is 11.9 Å². The topological polar surface area (TPSA) is 85.1 Å². The van der Waals surface area contributed by atoms with Gasteiger partial charge in [-0.15, -0.1) is 0 Å². The Morgan fingerprint density at radius 3 is 2.40 bits per heavy atom. The van der Waals surface area contributed by atoms with Crippen LogP contribution in [-0.4, -0.2) is 13.4 Å². The summed E-state index contributed by atoms with van der Waals surface area (Å²) in [7, 11) is -4.46. The average Bonchev–Trinajstić information content (AvgIpc) is 2.30. The van der Waals surface area contributed by atoms with Gasteiger partial charge in [-0.2, -0.15) is 0 Å². The molecule has 3 N–H and O–H groups in total. The molecule has 0 radical (unpaired) electrons. The van der Waals surface area contributed by atoms with Crippen molar-refractivity contribution in [2.45, 2.75) is 4.90 Å². The van der Waals surface area contributed by atoms with Crippen LogP contribution in [0.3, 0.4) is 0 Å². The molecule has 9 heteroatoms. The highest BCUT2D eigenvalue weighted by molar-refractivity contribution is 9.10. The van der Waals surface area contributed by atoms with Crippen LogP contribution in [0.5, 0.6) is 0 Å². The van der Waals surface area contributed by atoms with Crippen molar-refractivity contribution in [3.8, 4) is 0 Å². The van der Waals surface area contributed by atoms with Crippen molar-refractivity contribution < 1.29 is 17.2 Å². The molecule has 0 aliphatic carbocycles. The van der Waals surface area contributed by atoms with E-state index < -0.39 is 26.6 Å². The first-order valence-electron chi connectivity index (χ1n) is 5.19. The van der Waals surface area contributed by atoms with E-state index in [0.717, 1.165) is 12.1 Å². The number of nitrogen functional groups attached to an aromatic ring is 1.